The van der Waals surface area contributed by atoms with Crippen molar-refractivity contribution in [2.75, 3.05) is 25.0 Å². The maximum atomic E-state index is 12.6. The average Bonchev–Trinajstić information content (AvgIpc) is 3.14. The summed E-state index contributed by atoms with van der Waals surface area (Å²) in [4.78, 5) is 23.9. The molecule has 0 radical (unpaired) electrons. The van der Waals surface area contributed by atoms with Crippen LogP contribution in [0.15, 0.2) is 41.6 Å². The summed E-state index contributed by atoms with van der Waals surface area (Å²) in [7, 11) is -1.85. The molecule has 1 aromatic heterocycles. The number of carbonyl (C=O) groups excluding carboxylic acids is 2. The standard InChI is InChI=1S/C18H22N4O5S/c1-21-12-14(11-19-21)18(24)27-13-17(23)20-15-5-7-16(8-6-15)28(25,26)22-9-3-2-4-10-22/h5-8,11-12H,2-4,9-10,13H2,1H3,(H,20,23). The zero-order valence-electron chi connectivity index (χ0n) is 15.5. The highest BCUT2D eigenvalue weighted by molar-refractivity contribution is 7.89. The predicted octanol–water partition coefficient (Wildman–Crippen LogP) is 1.39. The smallest absolute Gasteiger partial charge is 0.341 e. The number of carbonyl (C=O) groups is 2. The number of amides is 1. The van der Waals surface area contributed by atoms with Gasteiger partial charge >= 0.3 is 5.97 Å². The lowest BCUT2D eigenvalue weighted by Gasteiger charge is -2.25. The highest BCUT2D eigenvalue weighted by atomic mass is 32.2. The molecule has 1 aliphatic heterocycles. The summed E-state index contributed by atoms with van der Waals surface area (Å²) in [6.45, 7) is 0.605. The van der Waals surface area contributed by atoms with E-state index in [1.54, 1.807) is 7.05 Å². The van der Waals surface area contributed by atoms with Crippen molar-refractivity contribution in [3.63, 3.8) is 0 Å². The Morgan fingerprint density at radius 2 is 1.82 bits per heavy atom. The Kier molecular flexibility index (Phi) is 6.10. The highest BCUT2D eigenvalue weighted by Gasteiger charge is 2.25. The van der Waals surface area contributed by atoms with E-state index in [9.17, 15) is 18.0 Å². The summed E-state index contributed by atoms with van der Waals surface area (Å²) in [5, 5.41) is 6.42. The fourth-order valence-corrected chi connectivity index (χ4v) is 4.42. The van der Waals surface area contributed by atoms with Crippen LogP contribution in [-0.4, -0.2) is 54.1 Å². The molecule has 0 saturated carbocycles. The molecule has 0 unspecified atom stereocenters. The third-order valence-corrected chi connectivity index (χ3v) is 6.28. The molecule has 1 amide bonds. The van der Waals surface area contributed by atoms with Gasteiger partial charge in [-0.1, -0.05) is 6.42 Å². The first kappa shape index (κ1) is 20.0. The van der Waals surface area contributed by atoms with Gasteiger partial charge in [0, 0.05) is 32.0 Å². The zero-order chi connectivity index (χ0) is 20.1. The van der Waals surface area contributed by atoms with E-state index in [-0.39, 0.29) is 10.5 Å². The Morgan fingerprint density at radius 1 is 1.14 bits per heavy atom. The molecule has 10 heteroatoms. The Bertz CT molecular complexity index is 947. The summed E-state index contributed by atoms with van der Waals surface area (Å²) >= 11 is 0. The molecule has 9 nitrogen and oxygen atoms in total. The van der Waals surface area contributed by atoms with Crippen molar-refractivity contribution in [3.8, 4) is 0 Å². The van der Waals surface area contributed by atoms with Crippen LogP contribution >= 0.6 is 0 Å². The normalized spacial score (nSPS) is 15.2. The molecule has 0 bridgehead atoms. The molecule has 1 fully saturated rings. The fraction of sp³-hybridized carbons (Fsp3) is 0.389. The Morgan fingerprint density at radius 3 is 2.43 bits per heavy atom. The molecule has 3 rings (SSSR count). The van der Waals surface area contributed by atoms with Gasteiger partial charge in [0.1, 0.15) is 0 Å². The van der Waals surface area contributed by atoms with Crippen LogP contribution in [0.4, 0.5) is 5.69 Å². The topological polar surface area (TPSA) is 111 Å². The zero-order valence-corrected chi connectivity index (χ0v) is 16.3. The number of aryl methyl sites for hydroxylation is 1. The number of hydrogen-bond acceptors (Lipinski definition) is 6. The van der Waals surface area contributed by atoms with Crippen molar-refractivity contribution >= 4 is 27.6 Å². The molecule has 28 heavy (non-hydrogen) atoms. The maximum Gasteiger partial charge on any atom is 0.341 e. The predicted molar refractivity (Wildman–Crippen MR) is 101 cm³/mol. The molecule has 2 heterocycles. The number of benzene rings is 1. The Balaban J connectivity index is 1.55. The number of esters is 1. The number of ether oxygens (including phenoxy) is 1. The first-order chi connectivity index (χ1) is 13.4. The van der Waals surface area contributed by atoms with Crippen LogP contribution in [0.5, 0.6) is 0 Å². The van der Waals surface area contributed by atoms with Crippen molar-refractivity contribution < 1.29 is 22.7 Å². The molecule has 1 saturated heterocycles. The minimum absolute atomic E-state index is 0.190. The number of sulfonamides is 1. The van der Waals surface area contributed by atoms with Crippen LogP contribution in [0.25, 0.3) is 0 Å². The largest absolute Gasteiger partial charge is 0.452 e. The minimum atomic E-state index is -3.51. The molecular formula is C18H22N4O5S. The first-order valence-corrected chi connectivity index (χ1v) is 10.4. The summed E-state index contributed by atoms with van der Waals surface area (Å²) < 4.78 is 33.1. The Labute approximate surface area is 163 Å². The molecule has 150 valence electrons. The second kappa shape index (κ2) is 8.53. The highest BCUT2D eigenvalue weighted by Crippen LogP contribution is 2.22. The third kappa shape index (κ3) is 4.76. The van der Waals surface area contributed by atoms with E-state index < -0.39 is 28.5 Å². The molecular weight excluding hydrogens is 384 g/mol. The van der Waals surface area contributed by atoms with Gasteiger partial charge < -0.3 is 10.1 Å². The van der Waals surface area contributed by atoms with E-state index in [0.717, 1.165) is 19.3 Å². The molecule has 1 aliphatic rings. The monoisotopic (exact) mass is 406 g/mol. The van der Waals surface area contributed by atoms with Crippen LogP contribution < -0.4 is 5.32 Å². The molecule has 0 spiro atoms. The number of rotatable bonds is 6. The van der Waals surface area contributed by atoms with Gasteiger partial charge in [0.25, 0.3) is 5.91 Å². The van der Waals surface area contributed by atoms with Crippen molar-refractivity contribution in [2.45, 2.75) is 24.2 Å². The number of nitrogens with zero attached hydrogens (tertiary/aromatic N) is 3. The fourth-order valence-electron chi connectivity index (χ4n) is 2.90. The maximum absolute atomic E-state index is 12.6. The molecule has 0 atom stereocenters. The molecule has 1 N–H and O–H groups in total. The van der Waals surface area contributed by atoms with Gasteiger partial charge in [-0.15, -0.1) is 0 Å². The number of piperidine rings is 1. The lowest BCUT2D eigenvalue weighted by Crippen LogP contribution is -2.35. The van der Waals surface area contributed by atoms with E-state index in [1.807, 2.05) is 0 Å². The van der Waals surface area contributed by atoms with Crippen molar-refractivity contribution in [1.82, 2.24) is 14.1 Å². The minimum Gasteiger partial charge on any atom is -0.452 e. The van der Waals surface area contributed by atoms with E-state index in [0.29, 0.717) is 18.8 Å². The van der Waals surface area contributed by atoms with E-state index in [1.165, 1.54) is 45.6 Å². The lowest BCUT2D eigenvalue weighted by molar-refractivity contribution is -0.119. The second-order valence-corrected chi connectivity index (χ2v) is 8.45. The molecule has 2 aromatic rings. The van der Waals surface area contributed by atoms with Crippen LogP contribution in [0.2, 0.25) is 0 Å². The van der Waals surface area contributed by atoms with Crippen LogP contribution in [0.3, 0.4) is 0 Å². The van der Waals surface area contributed by atoms with E-state index in [2.05, 4.69) is 10.4 Å². The van der Waals surface area contributed by atoms with E-state index >= 15 is 0 Å². The number of nitrogens with one attached hydrogen (secondary N) is 1. The van der Waals surface area contributed by atoms with Gasteiger partial charge in [-0.2, -0.15) is 9.40 Å². The van der Waals surface area contributed by atoms with Crippen LogP contribution in [0, 0.1) is 0 Å². The summed E-state index contributed by atoms with van der Waals surface area (Å²) in [5.41, 5.74) is 0.669. The molecule has 1 aromatic carbocycles. The Hall–Kier alpha value is -2.72. The van der Waals surface area contributed by atoms with Crippen LogP contribution in [0.1, 0.15) is 29.6 Å². The first-order valence-electron chi connectivity index (χ1n) is 8.92. The average molecular weight is 406 g/mol. The van der Waals surface area contributed by atoms with Crippen molar-refractivity contribution in [2.24, 2.45) is 7.05 Å². The summed E-state index contributed by atoms with van der Waals surface area (Å²) in [6, 6.07) is 5.94. The van der Waals surface area contributed by atoms with Crippen LogP contribution in [-0.2, 0) is 26.6 Å². The van der Waals surface area contributed by atoms with Gasteiger partial charge in [-0.3, -0.25) is 9.48 Å². The quantitative estimate of drug-likeness (QED) is 0.726. The van der Waals surface area contributed by atoms with Crippen molar-refractivity contribution in [3.05, 3.63) is 42.2 Å². The van der Waals surface area contributed by atoms with Gasteiger partial charge in [0.05, 0.1) is 16.7 Å². The van der Waals surface area contributed by atoms with Gasteiger partial charge in [0.15, 0.2) is 6.61 Å². The SMILES string of the molecule is Cn1cc(C(=O)OCC(=O)Nc2ccc(S(=O)(=O)N3CCCCC3)cc2)cn1. The van der Waals surface area contributed by atoms with Gasteiger partial charge in [0.2, 0.25) is 10.0 Å². The number of aromatic nitrogens is 2. The summed E-state index contributed by atoms with van der Waals surface area (Å²) in [6.07, 6.45) is 5.61. The third-order valence-electron chi connectivity index (χ3n) is 4.37. The number of hydrogen-bond donors (Lipinski definition) is 1. The second-order valence-electron chi connectivity index (χ2n) is 6.52. The van der Waals surface area contributed by atoms with Gasteiger partial charge in [-0.05, 0) is 37.1 Å². The molecule has 0 aliphatic carbocycles. The van der Waals surface area contributed by atoms with Gasteiger partial charge in [-0.25, -0.2) is 13.2 Å². The summed E-state index contributed by atoms with van der Waals surface area (Å²) in [5.74, 6) is -1.17. The number of anilines is 1. The lowest BCUT2D eigenvalue weighted by atomic mass is 10.2. The van der Waals surface area contributed by atoms with Crippen molar-refractivity contribution in [1.29, 1.82) is 0 Å². The van der Waals surface area contributed by atoms with E-state index in [4.69, 9.17) is 4.74 Å².